The molecule has 0 aliphatic carbocycles. The van der Waals surface area contributed by atoms with Gasteiger partial charge in [-0.3, -0.25) is 4.18 Å². The van der Waals surface area contributed by atoms with E-state index in [-0.39, 0.29) is 41.8 Å². The summed E-state index contributed by atoms with van der Waals surface area (Å²) >= 11 is 0. The molecule has 6 nitrogen and oxygen atoms in total. The molecule has 0 saturated heterocycles. The molecule has 0 aliphatic heterocycles. The SMILES string of the molecule is C=C[C@H](C)[C@@H](OCc1ccccc1)[C@H](COS(=O)(=O)c1c(C(C)C)cc(C(C)C)cc1C(C)C)OCc1ccc(OC)cc1. The molecule has 0 aromatic heterocycles. The van der Waals surface area contributed by atoms with Gasteiger partial charge in [0.15, 0.2) is 0 Å². The van der Waals surface area contributed by atoms with Gasteiger partial charge in [-0.15, -0.1) is 6.58 Å². The third kappa shape index (κ3) is 9.51. The molecule has 3 rings (SSSR count). The van der Waals surface area contributed by atoms with Gasteiger partial charge in [0.1, 0.15) is 16.7 Å². The summed E-state index contributed by atoms with van der Waals surface area (Å²) in [5.41, 5.74) is 4.58. The van der Waals surface area contributed by atoms with Crippen molar-refractivity contribution >= 4 is 10.1 Å². The Balaban J connectivity index is 1.97. The maximum atomic E-state index is 14.1. The van der Waals surface area contributed by atoms with Crippen molar-refractivity contribution < 1.29 is 26.8 Å². The highest BCUT2D eigenvalue weighted by Gasteiger charge is 2.33. The van der Waals surface area contributed by atoms with E-state index in [9.17, 15) is 8.42 Å². The molecule has 7 heteroatoms. The van der Waals surface area contributed by atoms with Crippen LogP contribution >= 0.6 is 0 Å². The molecule has 0 unspecified atom stereocenters. The molecule has 0 fully saturated rings. The fourth-order valence-corrected chi connectivity index (χ4v) is 6.65. The van der Waals surface area contributed by atoms with Crippen LogP contribution in [0.5, 0.6) is 5.75 Å². The van der Waals surface area contributed by atoms with Crippen molar-refractivity contribution in [2.24, 2.45) is 5.92 Å². The summed E-state index contributed by atoms with van der Waals surface area (Å²) in [5.74, 6) is 0.846. The maximum absolute atomic E-state index is 14.1. The lowest BCUT2D eigenvalue weighted by Gasteiger charge is -2.31. The van der Waals surface area contributed by atoms with Gasteiger partial charge < -0.3 is 14.2 Å². The number of ether oxygens (including phenoxy) is 3. The van der Waals surface area contributed by atoms with Crippen molar-refractivity contribution in [2.75, 3.05) is 13.7 Å². The van der Waals surface area contributed by atoms with Crippen LogP contribution in [0.15, 0.2) is 84.3 Å². The molecule has 44 heavy (non-hydrogen) atoms. The second-order valence-corrected chi connectivity index (χ2v) is 13.8. The predicted molar refractivity (Wildman–Crippen MR) is 178 cm³/mol. The molecule has 3 aromatic carbocycles. The van der Waals surface area contributed by atoms with Crippen LogP contribution in [0.2, 0.25) is 0 Å². The first kappa shape index (κ1) is 35.5. The minimum Gasteiger partial charge on any atom is -0.497 e. The Morgan fingerprint density at radius 2 is 1.30 bits per heavy atom. The monoisotopic (exact) mass is 622 g/mol. The zero-order valence-electron chi connectivity index (χ0n) is 27.6. The van der Waals surface area contributed by atoms with Crippen LogP contribution in [0.4, 0.5) is 0 Å². The van der Waals surface area contributed by atoms with Gasteiger partial charge in [-0.2, -0.15) is 8.42 Å². The summed E-state index contributed by atoms with van der Waals surface area (Å²) in [5, 5.41) is 0. The van der Waals surface area contributed by atoms with Crippen molar-refractivity contribution in [2.45, 2.75) is 96.5 Å². The summed E-state index contributed by atoms with van der Waals surface area (Å²) in [7, 11) is -2.53. The Kier molecular flexibility index (Phi) is 13.2. The standard InChI is InChI=1S/C37H50O6S/c1-10-28(8)36(42-23-29-14-12-11-13-15-29)35(41-22-30-16-18-32(40-9)19-17-30)24-43-44(38,39)37-33(26(4)5)20-31(25(2)3)21-34(37)27(6)7/h10-21,25-28,35-36H,1,22-24H2,2-9H3/t28-,35-,36+/m0/s1. The molecule has 0 spiro atoms. The van der Waals surface area contributed by atoms with Gasteiger partial charge in [0.05, 0.1) is 33.0 Å². The zero-order chi connectivity index (χ0) is 32.4. The molecule has 3 atom stereocenters. The minimum absolute atomic E-state index is 0.00978. The van der Waals surface area contributed by atoms with E-state index in [1.165, 1.54) is 0 Å². The van der Waals surface area contributed by atoms with Crippen LogP contribution in [0, 0.1) is 5.92 Å². The van der Waals surface area contributed by atoms with Crippen molar-refractivity contribution in [3.63, 3.8) is 0 Å². The van der Waals surface area contributed by atoms with Gasteiger partial charge in [0.25, 0.3) is 10.1 Å². The smallest absolute Gasteiger partial charge is 0.297 e. The molecule has 0 bridgehead atoms. The molecule has 0 amide bonds. The topological polar surface area (TPSA) is 71.1 Å². The molecule has 0 heterocycles. The summed E-state index contributed by atoms with van der Waals surface area (Å²) in [6, 6.07) is 21.5. The van der Waals surface area contributed by atoms with E-state index in [0.717, 1.165) is 33.6 Å². The minimum atomic E-state index is -4.15. The Morgan fingerprint density at radius 3 is 1.80 bits per heavy atom. The first-order valence-electron chi connectivity index (χ1n) is 15.5. The normalized spacial score (nSPS) is 14.2. The van der Waals surface area contributed by atoms with Crippen LogP contribution in [-0.4, -0.2) is 34.3 Å². The Bertz CT molecular complexity index is 1400. The lowest BCUT2D eigenvalue weighted by molar-refractivity contribution is -0.112. The van der Waals surface area contributed by atoms with E-state index >= 15 is 0 Å². The number of hydrogen-bond acceptors (Lipinski definition) is 6. The van der Waals surface area contributed by atoms with Crippen molar-refractivity contribution in [1.29, 1.82) is 0 Å². The van der Waals surface area contributed by atoms with Gasteiger partial charge in [0.2, 0.25) is 0 Å². The Morgan fingerprint density at radius 1 is 0.750 bits per heavy atom. The molecular weight excluding hydrogens is 572 g/mol. The van der Waals surface area contributed by atoms with Gasteiger partial charge in [-0.05, 0) is 57.7 Å². The number of methoxy groups -OCH3 is 1. The Hall–Kier alpha value is -2.97. The van der Waals surface area contributed by atoms with Gasteiger partial charge >= 0.3 is 0 Å². The van der Waals surface area contributed by atoms with Gasteiger partial charge in [0, 0.05) is 5.92 Å². The quantitative estimate of drug-likeness (QED) is 0.111. The van der Waals surface area contributed by atoms with E-state index in [0.29, 0.717) is 6.61 Å². The third-order valence-electron chi connectivity index (χ3n) is 7.88. The Labute approximate surface area is 265 Å². The van der Waals surface area contributed by atoms with Crippen LogP contribution in [0.25, 0.3) is 0 Å². The second-order valence-electron chi connectivity index (χ2n) is 12.3. The molecule has 3 aromatic rings. The highest BCUT2D eigenvalue weighted by atomic mass is 32.2. The number of benzene rings is 3. The molecule has 240 valence electrons. The largest absolute Gasteiger partial charge is 0.497 e. The lowest BCUT2D eigenvalue weighted by Crippen LogP contribution is -2.40. The van der Waals surface area contributed by atoms with E-state index in [1.807, 2.05) is 101 Å². The first-order chi connectivity index (χ1) is 20.9. The van der Waals surface area contributed by atoms with Gasteiger partial charge in [-0.25, -0.2) is 0 Å². The average Bonchev–Trinajstić information content (AvgIpc) is 3.01. The average molecular weight is 623 g/mol. The van der Waals surface area contributed by atoms with Crippen molar-refractivity contribution in [3.05, 3.63) is 107 Å². The van der Waals surface area contributed by atoms with E-state index in [2.05, 4.69) is 20.4 Å². The predicted octanol–water partition coefficient (Wildman–Crippen LogP) is 8.76. The van der Waals surface area contributed by atoms with E-state index in [1.54, 1.807) is 13.2 Å². The maximum Gasteiger partial charge on any atom is 0.297 e. The summed E-state index contributed by atoms with van der Waals surface area (Å²) < 4.78 is 52.2. The van der Waals surface area contributed by atoms with Gasteiger partial charge in [-0.1, -0.05) is 109 Å². The van der Waals surface area contributed by atoms with Crippen LogP contribution in [0.3, 0.4) is 0 Å². The highest BCUT2D eigenvalue weighted by Crippen LogP contribution is 2.36. The summed E-state index contributed by atoms with van der Waals surface area (Å²) in [6.07, 6.45) is 0.578. The summed E-state index contributed by atoms with van der Waals surface area (Å²) in [6.45, 7) is 18.6. The van der Waals surface area contributed by atoms with Crippen molar-refractivity contribution in [3.8, 4) is 5.75 Å². The lowest BCUT2D eigenvalue weighted by atomic mass is 9.89. The fourth-order valence-electron chi connectivity index (χ4n) is 5.06. The highest BCUT2D eigenvalue weighted by molar-refractivity contribution is 7.86. The third-order valence-corrected chi connectivity index (χ3v) is 9.30. The van der Waals surface area contributed by atoms with E-state index in [4.69, 9.17) is 18.4 Å². The van der Waals surface area contributed by atoms with E-state index < -0.39 is 22.3 Å². The summed E-state index contributed by atoms with van der Waals surface area (Å²) in [4.78, 5) is 0.263. The van der Waals surface area contributed by atoms with Crippen molar-refractivity contribution in [1.82, 2.24) is 0 Å². The fraction of sp³-hybridized carbons (Fsp3) is 0.459. The van der Waals surface area contributed by atoms with Crippen LogP contribution < -0.4 is 4.74 Å². The molecule has 0 saturated carbocycles. The molecule has 0 N–H and O–H groups in total. The molecule has 0 radical (unpaired) electrons. The number of rotatable bonds is 17. The number of hydrogen-bond donors (Lipinski definition) is 0. The van der Waals surface area contributed by atoms with Crippen LogP contribution in [-0.2, 0) is 37.0 Å². The molecular formula is C37H50O6S. The van der Waals surface area contributed by atoms with Crippen LogP contribution in [0.1, 0.15) is 94.0 Å². The molecule has 0 aliphatic rings. The second kappa shape index (κ2) is 16.4. The first-order valence-corrected chi connectivity index (χ1v) is 16.9. The zero-order valence-corrected chi connectivity index (χ0v) is 28.4.